The standard InChI is InChI=1S/C20H25N5O4.CH2O2/c1-12-22-16(24-23-12)9-10-21-20(27)19-18(13-3-7-15(28-2)8-4-13)25(14-5-6-14)17(26)11-29-19;2-1-3/h3-4,7-8,14,18-19H,5-6,9-11H2,1-2H3,(H,21,27)(H,22,23,24);1H,(H,2,3)/t18-,19+;/m1./s1. The summed E-state index contributed by atoms with van der Waals surface area (Å²) in [5.41, 5.74) is 0.857. The van der Waals surface area contributed by atoms with Crippen LogP contribution in [0.15, 0.2) is 24.3 Å². The van der Waals surface area contributed by atoms with Crippen LogP contribution >= 0.6 is 0 Å². The molecule has 1 saturated heterocycles. The number of amides is 2. The van der Waals surface area contributed by atoms with E-state index in [1.54, 1.807) is 7.11 Å². The first-order chi connectivity index (χ1) is 15.5. The Morgan fingerprint density at radius 2 is 2.06 bits per heavy atom. The van der Waals surface area contributed by atoms with Crippen molar-refractivity contribution in [3.8, 4) is 5.75 Å². The van der Waals surface area contributed by atoms with Crippen LogP contribution in [0.4, 0.5) is 0 Å². The van der Waals surface area contributed by atoms with Crippen LogP contribution in [0.1, 0.15) is 36.1 Å². The molecule has 0 spiro atoms. The summed E-state index contributed by atoms with van der Waals surface area (Å²) in [6.07, 6.45) is 1.66. The lowest BCUT2D eigenvalue weighted by molar-refractivity contribution is -0.165. The van der Waals surface area contributed by atoms with Gasteiger partial charge in [0.2, 0.25) is 5.91 Å². The van der Waals surface area contributed by atoms with E-state index < -0.39 is 12.1 Å². The number of aromatic nitrogens is 3. The minimum Gasteiger partial charge on any atom is -0.497 e. The Morgan fingerprint density at radius 1 is 1.38 bits per heavy atom. The van der Waals surface area contributed by atoms with Gasteiger partial charge in [0.05, 0.1) is 13.2 Å². The summed E-state index contributed by atoms with van der Waals surface area (Å²) < 4.78 is 10.9. The number of hydrogen-bond acceptors (Lipinski definition) is 7. The molecule has 11 heteroatoms. The first kappa shape index (κ1) is 23.2. The largest absolute Gasteiger partial charge is 0.497 e. The topological polar surface area (TPSA) is 147 Å². The molecule has 2 amide bonds. The third-order valence-corrected chi connectivity index (χ3v) is 5.21. The van der Waals surface area contributed by atoms with Gasteiger partial charge in [-0.2, -0.15) is 5.10 Å². The number of hydrogen-bond donors (Lipinski definition) is 3. The fourth-order valence-corrected chi connectivity index (χ4v) is 3.67. The molecule has 172 valence electrons. The average molecular weight is 445 g/mol. The monoisotopic (exact) mass is 445 g/mol. The van der Waals surface area contributed by atoms with Crippen LogP contribution in [-0.4, -0.2) is 75.9 Å². The molecule has 2 aliphatic rings. The molecule has 2 atom stereocenters. The Hall–Kier alpha value is -3.47. The summed E-state index contributed by atoms with van der Waals surface area (Å²) >= 11 is 0. The number of H-pyrrole nitrogens is 1. The highest BCUT2D eigenvalue weighted by atomic mass is 16.5. The molecule has 2 aromatic rings. The molecule has 1 saturated carbocycles. The lowest BCUT2D eigenvalue weighted by Gasteiger charge is -2.40. The number of carbonyl (C=O) groups excluding carboxylic acids is 2. The number of benzene rings is 1. The van der Waals surface area contributed by atoms with Crippen LogP contribution in [0.25, 0.3) is 0 Å². The molecule has 0 bridgehead atoms. The Kier molecular flexibility index (Phi) is 7.77. The quantitative estimate of drug-likeness (QED) is 0.526. The number of aryl methyl sites for hydroxylation is 1. The number of morpholine rings is 1. The van der Waals surface area contributed by atoms with Crippen molar-refractivity contribution in [3.63, 3.8) is 0 Å². The van der Waals surface area contributed by atoms with Gasteiger partial charge in [-0.05, 0) is 37.5 Å². The van der Waals surface area contributed by atoms with E-state index >= 15 is 0 Å². The van der Waals surface area contributed by atoms with Crippen molar-refractivity contribution in [2.45, 2.75) is 44.4 Å². The first-order valence-electron chi connectivity index (χ1n) is 10.3. The van der Waals surface area contributed by atoms with E-state index in [1.165, 1.54) is 0 Å². The fraction of sp³-hybridized carbons (Fsp3) is 0.476. The lowest BCUT2D eigenvalue weighted by atomic mass is 9.96. The van der Waals surface area contributed by atoms with E-state index in [2.05, 4.69) is 20.5 Å². The van der Waals surface area contributed by atoms with Crippen molar-refractivity contribution >= 4 is 18.3 Å². The second kappa shape index (κ2) is 10.7. The van der Waals surface area contributed by atoms with Gasteiger partial charge in [0.25, 0.3) is 12.4 Å². The zero-order valence-corrected chi connectivity index (χ0v) is 18.0. The Labute approximate surface area is 185 Å². The van der Waals surface area contributed by atoms with Crippen LogP contribution in [0.5, 0.6) is 5.75 Å². The molecule has 2 fully saturated rings. The van der Waals surface area contributed by atoms with E-state index in [4.69, 9.17) is 19.4 Å². The highest BCUT2D eigenvalue weighted by Crippen LogP contribution is 2.39. The second-order valence-corrected chi connectivity index (χ2v) is 7.47. The molecule has 1 aliphatic heterocycles. The molecule has 1 aromatic carbocycles. The lowest BCUT2D eigenvalue weighted by Crippen LogP contribution is -2.55. The van der Waals surface area contributed by atoms with Gasteiger partial charge in [0.1, 0.15) is 18.2 Å². The maximum atomic E-state index is 12.9. The number of nitrogens with one attached hydrogen (secondary N) is 2. The number of carbonyl (C=O) groups is 3. The molecule has 1 aromatic heterocycles. The van der Waals surface area contributed by atoms with Crippen molar-refractivity contribution in [1.29, 1.82) is 0 Å². The van der Waals surface area contributed by atoms with Crippen molar-refractivity contribution in [2.75, 3.05) is 20.3 Å². The predicted molar refractivity (Wildman–Crippen MR) is 112 cm³/mol. The Balaban J connectivity index is 0.000000913. The van der Waals surface area contributed by atoms with E-state index in [1.807, 2.05) is 36.1 Å². The molecule has 2 heterocycles. The first-order valence-corrected chi connectivity index (χ1v) is 10.3. The molecule has 1 aliphatic carbocycles. The molecule has 0 unspecified atom stereocenters. The number of methoxy groups -OCH3 is 1. The van der Waals surface area contributed by atoms with Gasteiger partial charge in [-0.25, -0.2) is 4.98 Å². The molecule has 3 N–H and O–H groups in total. The van der Waals surface area contributed by atoms with Gasteiger partial charge in [-0.15, -0.1) is 0 Å². The van der Waals surface area contributed by atoms with Crippen LogP contribution in [0.2, 0.25) is 0 Å². The highest BCUT2D eigenvalue weighted by Gasteiger charge is 2.47. The van der Waals surface area contributed by atoms with Crippen LogP contribution in [0, 0.1) is 6.92 Å². The molecule has 32 heavy (non-hydrogen) atoms. The summed E-state index contributed by atoms with van der Waals surface area (Å²) in [5, 5.41) is 16.7. The third kappa shape index (κ3) is 5.61. The van der Waals surface area contributed by atoms with Crippen LogP contribution < -0.4 is 10.1 Å². The minimum atomic E-state index is -0.768. The maximum absolute atomic E-state index is 12.9. The van der Waals surface area contributed by atoms with E-state index in [9.17, 15) is 9.59 Å². The Morgan fingerprint density at radius 3 is 2.62 bits per heavy atom. The van der Waals surface area contributed by atoms with Gasteiger partial charge < -0.3 is 24.8 Å². The van der Waals surface area contributed by atoms with E-state index in [0.29, 0.717) is 18.8 Å². The summed E-state index contributed by atoms with van der Waals surface area (Å²) in [5.74, 6) is 1.79. The summed E-state index contributed by atoms with van der Waals surface area (Å²) in [4.78, 5) is 40.0. The second-order valence-electron chi connectivity index (χ2n) is 7.47. The maximum Gasteiger partial charge on any atom is 0.290 e. The van der Waals surface area contributed by atoms with Gasteiger partial charge >= 0.3 is 0 Å². The number of nitrogens with zero attached hydrogens (tertiary/aromatic N) is 3. The van der Waals surface area contributed by atoms with Crippen LogP contribution in [-0.2, 0) is 25.5 Å². The van der Waals surface area contributed by atoms with E-state index in [-0.39, 0.29) is 30.9 Å². The zero-order valence-electron chi connectivity index (χ0n) is 18.0. The number of rotatable bonds is 7. The van der Waals surface area contributed by atoms with Gasteiger partial charge in [0, 0.05) is 19.0 Å². The Bertz CT molecular complexity index is 927. The minimum absolute atomic E-state index is 0.0754. The molecular formula is C21H27N5O6. The van der Waals surface area contributed by atoms with Gasteiger partial charge in [0.15, 0.2) is 11.9 Å². The van der Waals surface area contributed by atoms with Crippen LogP contribution in [0.3, 0.4) is 0 Å². The summed E-state index contributed by atoms with van der Waals surface area (Å²) in [6, 6.07) is 7.15. The molecular weight excluding hydrogens is 418 g/mol. The summed E-state index contributed by atoms with van der Waals surface area (Å²) in [6.45, 7) is 1.89. The normalized spacial score (nSPS) is 20.2. The predicted octanol–water partition coefficient (Wildman–Crippen LogP) is 0.612. The van der Waals surface area contributed by atoms with E-state index in [0.717, 1.165) is 30.0 Å². The smallest absolute Gasteiger partial charge is 0.290 e. The van der Waals surface area contributed by atoms with Gasteiger partial charge in [-0.3, -0.25) is 19.5 Å². The molecule has 0 radical (unpaired) electrons. The zero-order chi connectivity index (χ0) is 23.1. The number of carboxylic acid groups (broad SMARTS) is 1. The fourth-order valence-electron chi connectivity index (χ4n) is 3.67. The molecule has 11 nitrogen and oxygen atoms in total. The van der Waals surface area contributed by atoms with Crippen molar-refractivity contribution < 1.29 is 29.0 Å². The third-order valence-electron chi connectivity index (χ3n) is 5.21. The number of ether oxygens (including phenoxy) is 2. The highest BCUT2D eigenvalue weighted by molar-refractivity contribution is 5.86. The van der Waals surface area contributed by atoms with Crippen molar-refractivity contribution in [3.05, 3.63) is 41.5 Å². The van der Waals surface area contributed by atoms with Crippen molar-refractivity contribution in [1.82, 2.24) is 25.4 Å². The molecule has 4 rings (SSSR count). The SMILES string of the molecule is COc1ccc([C@@H]2[C@@H](C(=O)NCCc3n[nH]c(C)n3)OCC(=O)N2C2CC2)cc1.O=CO. The average Bonchev–Trinajstić information content (AvgIpc) is 3.54. The number of aromatic amines is 1. The van der Waals surface area contributed by atoms with Gasteiger partial charge in [-0.1, -0.05) is 12.1 Å². The summed E-state index contributed by atoms with van der Waals surface area (Å²) in [7, 11) is 1.60. The van der Waals surface area contributed by atoms with Crippen molar-refractivity contribution in [2.24, 2.45) is 0 Å².